The van der Waals surface area contributed by atoms with E-state index < -0.39 is 23.6 Å². The number of anilines is 2. The summed E-state index contributed by atoms with van der Waals surface area (Å²) < 4.78 is 1.09. The third-order valence-corrected chi connectivity index (χ3v) is 8.26. The highest BCUT2D eigenvalue weighted by atomic mass is 32.2. The number of amides is 4. The number of nitrogens with one attached hydrogen (secondary N) is 4. The number of thioether (sulfide) groups is 2. The number of nitrogens with zero attached hydrogens (tertiary/aromatic N) is 4. The van der Waals surface area contributed by atoms with Gasteiger partial charge in [-0.3, -0.25) is 40.9 Å². The SMILES string of the molecule is Nc1nnc(SCC(=O)NNC(=O)c2ccc3cc(C(=O)NNC(=O)CSc4nnc(N)s4)ccc3c2)s1. The maximum Gasteiger partial charge on any atom is 0.269 e. The Bertz CT molecular complexity index is 1400. The quantitative estimate of drug-likeness (QED) is 0.124. The van der Waals surface area contributed by atoms with Gasteiger partial charge in [0.2, 0.25) is 22.1 Å². The summed E-state index contributed by atoms with van der Waals surface area (Å²) in [6.07, 6.45) is 0. The lowest BCUT2D eigenvalue weighted by Gasteiger charge is -2.09. The molecule has 2 aromatic carbocycles. The van der Waals surface area contributed by atoms with Crippen LogP contribution in [0.4, 0.5) is 10.3 Å². The lowest BCUT2D eigenvalue weighted by atomic mass is 10.0. The van der Waals surface area contributed by atoms with Gasteiger partial charge in [-0.05, 0) is 35.0 Å². The molecular formula is C20H18N10O4S4. The van der Waals surface area contributed by atoms with Crippen molar-refractivity contribution >= 4 is 90.9 Å². The highest BCUT2D eigenvalue weighted by Crippen LogP contribution is 2.24. The molecule has 0 saturated carbocycles. The van der Waals surface area contributed by atoms with Gasteiger partial charge in [-0.1, -0.05) is 58.3 Å². The van der Waals surface area contributed by atoms with Gasteiger partial charge in [-0.25, -0.2) is 0 Å². The lowest BCUT2D eigenvalue weighted by molar-refractivity contribution is -0.120. The van der Waals surface area contributed by atoms with Crippen LogP contribution in [-0.4, -0.2) is 55.5 Å². The molecule has 18 heteroatoms. The first-order chi connectivity index (χ1) is 18.3. The number of nitrogen functional groups attached to an aromatic ring is 2. The first-order valence-corrected chi connectivity index (χ1v) is 14.0. The van der Waals surface area contributed by atoms with E-state index in [4.69, 9.17) is 11.5 Å². The fourth-order valence-electron chi connectivity index (χ4n) is 2.81. The summed E-state index contributed by atoms with van der Waals surface area (Å²) in [7, 11) is 0. The number of benzene rings is 2. The summed E-state index contributed by atoms with van der Waals surface area (Å²) in [6.45, 7) is 0. The second kappa shape index (κ2) is 12.5. The largest absolute Gasteiger partial charge is 0.374 e. The molecule has 0 spiro atoms. The number of hydrogen-bond acceptors (Lipinski definition) is 14. The number of carbonyl (C=O) groups is 4. The molecule has 196 valence electrons. The topological polar surface area (TPSA) is 220 Å². The summed E-state index contributed by atoms with van der Waals surface area (Å²) in [6, 6.07) is 9.70. The van der Waals surface area contributed by atoms with Crippen molar-refractivity contribution in [3.63, 3.8) is 0 Å². The molecule has 0 aliphatic carbocycles. The Morgan fingerprint density at radius 2 is 1.08 bits per heavy atom. The Morgan fingerprint density at radius 1 is 0.658 bits per heavy atom. The third-order valence-electron chi connectivity index (χ3n) is 4.49. The second-order valence-corrected chi connectivity index (χ2v) is 11.6. The van der Waals surface area contributed by atoms with Gasteiger partial charge in [-0.15, -0.1) is 20.4 Å². The molecule has 0 aliphatic rings. The molecule has 4 aromatic rings. The number of aromatic nitrogens is 4. The molecular weight excluding hydrogens is 573 g/mol. The second-order valence-electron chi connectivity index (χ2n) is 7.17. The number of carbonyl (C=O) groups excluding carboxylic acids is 4. The van der Waals surface area contributed by atoms with E-state index >= 15 is 0 Å². The molecule has 0 unspecified atom stereocenters. The zero-order valence-electron chi connectivity index (χ0n) is 19.1. The minimum atomic E-state index is -0.510. The van der Waals surface area contributed by atoms with E-state index in [2.05, 4.69) is 42.1 Å². The van der Waals surface area contributed by atoms with Crippen molar-refractivity contribution in [1.82, 2.24) is 42.1 Å². The van der Waals surface area contributed by atoms with Crippen LogP contribution in [0.2, 0.25) is 0 Å². The lowest BCUT2D eigenvalue weighted by Crippen LogP contribution is -2.42. The minimum Gasteiger partial charge on any atom is -0.374 e. The van der Waals surface area contributed by atoms with Crippen LogP contribution in [0.5, 0.6) is 0 Å². The normalized spacial score (nSPS) is 10.6. The summed E-state index contributed by atoms with van der Waals surface area (Å²) in [5.41, 5.74) is 21.0. The van der Waals surface area contributed by atoms with Gasteiger partial charge in [0.05, 0.1) is 11.5 Å². The van der Waals surface area contributed by atoms with Crippen molar-refractivity contribution in [3.05, 3.63) is 47.5 Å². The minimum absolute atomic E-state index is 0.0230. The molecule has 0 saturated heterocycles. The van der Waals surface area contributed by atoms with Crippen molar-refractivity contribution < 1.29 is 19.2 Å². The molecule has 0 aliphatic heterocycles. The molecule has 2 aromatic heterocycles. The van der Waals surface area contributed by atoms with Crippen LogP contribution in [-0.2, 0) is 9.59 Å². The van der Waals surface area contributed by atoms with E-state index in [1.807, 2.05) is 0 Å². The zero-order chi connectivity index (χ0) is 27.1. The van der Waals surface area contributed by atoms with Crippen LogP contribution < -0.4 is 33.2 Å². The zero-order valence-corrected chi connectivity index (χ0v) is 22.4. The van der Waals surface area contributed by atoms with E-state index in [-0.39, 0.29) is 11.5 Å². The molecule has 38 heavy (non-hydrogen) atoms. The molecule has 4 rings (SSSR count). The van der Waals surface area contributed by atoms with Gasteiger partial charge in [0.15, 0.2) is 8.68 Å². The first kappa shape index (κ1) is 27.0. The molecule has 0 fully saturated rings. The number of hydrazine groups is 2. The van der Waals surface area contributed by atoms with E-state index in [9.17, 15) is 19.2 Å². The van der Waals surface area contributed by atoms with Crippen LogP contribution in [0.15, 0.2) is 45.1 Å². The van der Waals surface area contributed by atoms with E-state index in [1.165, 1.54) is 0 Å². The first-order valence-electron chi connectivity index (χ1n) is 10.4. The van der Waals surface area contributed by atoms with Gasteiger partial charge in [0.25, 0.3) is 11.8 Å². The Kier molecular flexibility index (Phi) is 8.89. The predicted molar refractivity (Wildman–Crippen MR) is 145 cm³/mol. The van der Waals surface area contributed by atoms with Gasteiger partial charge in [0, 0.05) is 11.1 Å². The van der Waals surface area contributed by atoms with Crippen LogP contribution in [0.25, 0.3) is 10.8 Å². The van der Waals surface area contributed by atoms with Gasteiger partial charge >= 0.3 is 0 Å². The highest BCUT2D eigenvalue weighted by Gasteiger charge is 2.13. The summed E-state index contributed by atoms with van der Waals surface area (Å²) in [5.74, 6) is -1.83. The monoisotopic (exact) mass is 590 g/mol. The average molecular weight is 591 g/mol. The van der Waals surface area contributed by atoms with Crippen molar-refractivity contribution in [2.75, 3.05) is 23.0 Å². The van der Waals surface area contributed by atoms with E-state index in [0.717, 1.165) is 46.2 Å². The van der Waals surface area contributed by atoms with Gasteiger partial charge < -0.3 is 11.5 Å². The number of hydrogen-bond donors (Lipinski definition) is 6. The number of rotatable bonds is 8. The standard InChI is InChI=1S/C20H18N10O4S4/c21-17-27-29-19(37-17)35-7-13(31)23-25-15(33)11-3-1-9-5-12(4-2-10(9)6-11)16(34)26-24-14(32)8-36-20-30-28-18(22)38-20/h1-6H,7-8H2,(H2,21,27)(H2,22,28)(H,23,31)(H,24,32)(H,25,33)(H,26,34). The molecule has 14 nitrogen and oxygen atoms in total. The Labute approximate surface area is 230 Å². The van der Waals surface area contributed by atoms with Crippen LogP contribution in [0.1, 0.15) is 20.7 Å². The highest BCUT2D eigenvalue weighted by molar-refractivity contribution is 8.01. The van der Waals surface area contributed by atoms with Gasteiger partial charge in [-0.2, -0.15) is 0 Å². The van der Waals surface area contributed by atoms with Crippen molar-refractivity contribution in [1.29, 1.82) is 0 Å². The summed E-state index contributed by atoms with van der Waals surface area (Å²) in [4.78, 5) is 48.9. The van der Waals surface area contributed by atoms with Crippen LogP contribution in [0.3, 0.4) is 0 Å². The van der Waals surface area contributed by atoms with Crippen LogP contribution in [0, 0.1) is 0 Å². The fourth-order valence-corrected chi connectivity index (χ4v) is 5.68. The Hall–Kier alpha value is -4.00. The third kappa shape index (κ3) is 7.51. The molecule has 0 bridgehead atoms. The van der Waals surface area contributed by atoms with Crippen molar-refractivity contribution in [2.24, 2.45) is 0 Å². The number of nitrogens with two attached hydrogens (primary N) is 2. The molecule has 0 radical (unpaired) electrons. The Balaban J connectivity index is 1.25. The van der Waals surface area contributed by atoms with Crippen molar-refractivity contribution in [2.45, 2.75) is 8.68 Å². The maximum absolute atomic E-state index is 12.5. The number of fused-ring (bicyclic) bond motifs is 1. The van der Waals surface area contributed by atoms with E-state index in [0.29, 0.717) is 40.8 Å². The average Bonchev–Trinajstić information content (AvgIpc) is 3.54. The molecule has 2 heterocycles. The molecule has 0 atom stereocenters. The summed E-state index contributed by atoms with van der Waals surface area (Å²) >= 11 is 4.61. The predicted octanol–water partition coefficient (Wildman–Crippen LogP) is 0.814. The van der Waals surface area contributed by atoms with E-state index in [1.54, 1.807) is 36.4 Å². The maximum atomic E-state index is 12.5. The molecule has 4 amide bonds. The van der Waals surface area contributed by atoms with Crippen LogP contribution >= 0.6 is 46.2 Å². The fraction of sp³-hybridized carbons (Fsp3) is 0.100. The smallest absolute Gasteiger partial charge is 0.269 e. The molecule has 8 N–H and O–H groups in total. The summed E-state index contributed by atoms with van der Waals surface area (Å²) in [5, 5.41) is 16.9. The van der Waals surface area contributed by atoms with Crippen molar-refractivity contribution in [3.8, 4) is 0 Å². The van der Waals surface area contributed by atoms with Gasteiger partial charge in [0.1, 0.15) is 0 Å². The Morgan fingerprint density at radius 3 is 1.45 bits per heavy atom.